The van der Waals surface area contributed by atoms with E-state index in [1.54, 1.807) is 0 Å². The highest BCUT2D eigenvalue weighted by Crippen LogP contribution is 2.24. The van der Waals surface area contributed by atoms with Crippen LogP contribution in [0.15, 0.2) is 0 Å². The molecule has 6 heteroatoms. The van der Waals surface area contributed by atoms with Gasteiger partial charge >= 0.3 is 10.4 Å². The van der Waals surface area contributed by atoms with Crippen LogP contribution in [-0.4, -0.2) is 31.3 Å². The minimum atomic E-state index is -4.49. The minimum Gasteiger partial charge on any atom is -0.372 e. The van der Waals surface area contributed by atoms with E-state index in [1.807, 2.05) is 0 Å². The molecule has 0 aromatic carbocycles. The molecule has 0 heterocycles. The molecule has 0 saturated carbocycles. The average Bonchev–Trinajstić information content (AvgIpc) is 2.68. The number of hydrogen-bond acceptors (Lipinski definition) is 4. The van der Waals surface area contributed by atoms with Crippen LogP contribution in [0.5, 0.6) is 0 Å². The average molecular weight is 451 g/mol. The topological polar surface area (TPSA) is 72.8 Å². The first kappa shape index (κ1) is 29.8. The van der Waals surface area contributed by atoms with Gasteiger partial charge in [-0.05, 0) is 25.7 Å². The Bertz CT molecular complexity index is 466. The Kier molecular flexibility index (Phi) is 19.4. The fourth-order valence-corrected chi connectivity index (χ4v) is 4.56. The fourth-order valence-electron chi connectivity index (χ4n) is 4.03. The Balaban J connectivity index is 4.87. The fraction of sp³-hybridized carbons (Fsp3) is 1.00. The first-order valence-electron chi connectivity index (χ1n) is 12.7. The Morgan fingerprint density at radius 3 is 1.60 bits per heavy atom. The quantitative estimate of drug-likeness (QED) is 0.135. The van der Waals surface area contributed by atoms with Crippen LogP contribution in [0, 0.1) is 0 Å². The first-order valence-corrected chi connectivity index (χ1v) is 14.0. The second-order valence-corrected chi connectivity index (χ2v) is 9.74. The van der Waals surface area contributed by atoms with Crippen LogP contribution in [0.25, 0.3) is 0 Å². The third-order valence-corrected chi connectivity index (χ3v) is 6.17. The summed E-state index contributed by atoms with van der Waals surface area (Å²) in [6, 6.07) is 0. The van der Waals surface area contributed by atoms with Gasteiger partial charge in [0.15, 0.2) is 0 Å². The van der Waals surface area contributed by atoms with Crippen molar-refractivity contribution < 1.29 is 21.9 Å². The van der Waals surface area contributed by atoms with Crippen molar-refractivity contribution in [2.24, 2.45) is 0 Å². The van der Waals surface area contributed by atoms with Crippen molar-refractivity contribution in [3.05, 3.63) is 0 Å². The molecule has 0 fully saturated rings. The van der Waals surface area contributed by atoms with Crippen LogP contribution in [0.4, 0.5) is 0 Å². The van der Waals surface area contributed by atoms with E-state index in [2.05, 4.69) is 27.7 Å². The van der Waals surface area contributed by atoms with Crippen molar-refractivity contribution in [2.45, 2.75) is 155 Å². The van der Waals surface area contributed by atoms with Gasteiger partial charge in [-0.2, -0.15) is 8.42 Å². The predicted octanol–water partition coefficient (Wildman–Crippen LogP) is 7.64. The number of unbranched alkanes of at least 4 members (excludes halogenated alkanes) is 9. The van der Waals surface area contributed by atoms with E-state index in [1.165, 1.54) is 44.9 Å². The molecule has 0 aromatic heterocycles. The van der Waals surface area contributed by atoms with Crippen molar-refractivity contribution in [1.29, 1.82) is 0 Å². The molecule has 3 atom stereocenters. The smallest absolute Gasteiger partial charge is 0.372 e. The van der Waals surface area contributed by atoms with Gasteiger partial charge in [0.05, 0.1) is 12.2 Å². The summed E-state index contributed by atoms with van der Waals surface area (Å²) in [6.07, 6.45) is 17.5. The van der Waals surface area contributed by atoms with Crippen LogP contribution in [0.1, 0.15) is 137 Å². The van der Waals surface area contributed by atoms with Crippen LogP contribution in [-0.2, 0) is 19.3 Å². The van der Waals surface area contributed by atoms with Gasteiger partial charge in [0, 0.05) is 0 Å². The van der Waals surface area contributed by atoms with Crippen molar-refractivity contribution in [3.8, 4) is 0 Å². The molecule has 0 aromatic rings. The van der Waals surface area contributed by atoms with Gasteiger partial charge in [-0.1, -0.05) is 111 Å². The molecular weight excluding hydrogens is 400 g/mol. The van der Waals surface area contributed by atoms with E-state index >= 15 is 0 Å². The maximum atomic E-state index is 11.5. The van der Waals surface area contributed by atoms with Gasteiger partial charge in [-0.15, -0.1) is 0 Å². The summed E-state index contributed by atoms with van der Waals surface area (Å²) >= 11 is 0. The van der Waals surface area contributed by atoms with E-state index in [-0.39, 0.29) is 12.2 Å². The second-order valence-electron chi connectivity index (χ2n) is 8.70. The molecule has 0 aliphatic carbocycles. The van der Waals surface area contributed by atoms with Crippen LogP contribution in [0.2, 0.25) is 0 Å². The van der Waals surface area contributed by atoms with Crippen molar-refractivity contribution in [3.63, 3.8) is 0 Å². The zero-order chi connectivity index (χ0) is 22.7. The summed E-state index contributed by atoms with van der Waals surface area (Å²) in [7, 11) is -4.49. The van der Waals surface area contributed by atoms with Gasteiger partial charge in [0.2, 0.25) is 0 Å². The van der Waals surface area contributed by atoms with Gasteiger partial charge in [-0.25, -0.2) is 4.18 Å². The summed E-state index contributed by atoms with van der Waals surface area (Å²) in [5, 5.41) is 0. The Morgan fingerprint density at radius 2 is 1.10 bits per heavy atom. The molecule has 0 rings (SSSR count). The van der Waals surface area contributed by atoms with E-state index in [0.29, 0.717) is 6.42 Å². The van der Waals surface area contributed by atoms with Gasteiger partial charge in [-0.3, -0.25) is 4.55 Å². The molecule has 30 heavy (non-hydrogen) atoms. The molecule has 0 aliphatic heterocycles. The van der Waals surface area contributed by atoms with E-state index in [9.17, 15) is 13.0 Å². The third kappa shape index (κ3) is 17.5. The van der Waals surface area contributed by atoms with Crippen LogP contribution >= 0.6 is 0 Å². The molecule has 182 valence electrons. The van der Waals surface area contributed by atoms with Crippen LogP contribution < -0.4 is 0 Å². The zero-order valence-electron chi connectivity index (χ0n) is 20.2. The lowest BCUT2D eigenvalue weighted by Gasteiger charge is -2.30. The number of hydrogen-bond donors (Lipinski definition) is 1. The number of rotatable bonds is 22. The number of ether oxygens (including phenoxy) is 1. The Morgan fingerprint density at radius 1 is 0.600 bits per heavy atom. The minimum absolute atomic E-state index is 0.130. The standard InChI is InChI=1S/C24H50O5S/c1-5-9-11-13-15-16-20-22(18-7-3)28-23(19-8-4)24(29-30(25,26)27)21-17-14-12-10-6-2/h22-24H,5-21H2,1-4H3,(H,25,26,27). The highest BCUT2D eigenvalue weighted by Gasteiger charge is 2.29. The SMILES string of the molecule is CCCCCCCCC(CCC)OC(CCC)C(CCCCCCC)OS(=O)(=O)O. The lowest BCUT2D eigenvalue weighted by molar-refractivity contribution is -0.0810. The van der Waals surface area contributed by atoms with Crippen LogP contribution in [0.3, 0.4) is 0 Å². The highest BCUT2D eigenvalue weighted by atomic mass is 32.3. The predicted molar refractivity (Wildman–Crippen MR) is 126 cm³/mol. The van der Waals surface area contributed by atoms with Crippen molar-refractivity contribution >= 4 is 10.4 Å². The molecule has 0 spiro atoms. The molecular formula is C24H50O5S. The normalized spacial score (nSPS) is 15.2. The lowest BCUT2D eigenvalue weighted by atomic mass is 10.00. The largest absolute Gasteiger partial charge is 0.397 e. The summed E-state index contributed by atoms with van der Waals surface area (Å²) in [6.45, 7) is 8.64. The van der Waals surface area contributed by atoms with Crippen molar-refractivity contribution in [2.75, 3.05) is 0 Å². The van der Waals surface area contributed by atoms with E-state index in [4.69, 9.17) is 8.92 Å². The molecule has 0 bridgehead atoms. The second kappa shape index (κ2) is 19.5. The lowest BCUT2D eigenvalue weighted by Crippen LogP contribution is -2.36. The van der Waals surface area contributed by atoms with Gasteiger partial charge in [0.25, 0.3) is 0 Å². The third-order valence-electron chi connectivity index (χ3n) is 5.68. The maximum absolute atomic E-state index is 11.5. The van der Waals surface area contributed by atoms with E-state index < -0.39 is 16.5 Å². The molecule has 0 saturated heterocycles. The molecule has 0 aliphatic rings. The summed E-state index contributed by atoms with van der Waals surface area (Å²) < 4.78 is 43.8. The Hall–Kier alpha value is -0.170. The Labute approximate surface area is 187 Å². The first-order chi connectivity index (χ1) is 14.4. The van der Waals surface area contributed by atoms with E-state index in [0.717, 1.165) is 57.8 Å². The summed E-state index contributed by atoms with van der Waals surface area (Å²) in [4.78, 5) is 0. The van der Waals surface area contributed by atoms with Gasteiger partial charge in [0.1, 0.15) is 6.10 Å². The summed E-state index contributed by atoms with van der Waals surface area (Å²) in [5.41, 5.74) is 0. The highest BCUT2D eigenvalue weighted by molar-refractivity contribution is 7.80. The zero-order valence-corrected chi connectivity index (χ0v) is 21.1. The monoisotopic (exact) mass is 450 g/mol. The molecule has 5 nitrogen and oxygen atoms in total. The molecule has 0 radical (unpaired) electrons. The summed E-state index contributed by atoms with van der Waals surface area (Å²) in [5.74, 6) is 0. The van der Waals surface area contributed by atoms with Crippen molar-refractivity contribution in [1.82, 2.24) is 0 Å². The molecule has 3 unspecified atom stereocenters. The molecule has 1 N–H and O–H groups in total. The van der Waals surface area contributed by atoms with Gasteiger partial charge < -0.3 is 4.74 Å². The maximum Gasteiger partial charge on any atom is 0.397 e. The molecule has 0 amide bonds.